The van der Waals surface area contributed by atoms with Crippen molar-refractivity contribution in [3.63, 3.8) is 0 Å². The zero-order valence-electron chi connectivity index (χ0n) is 7.15. The first-order valence-corrected chi connectivity index (χ1v) is 7.23. The van der Waals surface area contributed by atoms with Crippen LogP contribution in [-0.4, -0.2) is 32.3 Å². The summed E-state index contributed by atoms with van der Waals surface area (Å²) in [6, 6.07) is 0. The van der Waals surface area contributed by atoms with Crippen LogP contribution < -0.4 is 0 Å². The highest BCUT2D eigenvalue weighted by molar-refractivity contribution is 6.51. The van der Waals surface area contributed by atoms with Gasteiger partial charge in [0.1, 0.15) is 0 Å². The quantitative estimate of drug-likeness (QED) is 0.487. The molecule has 0 heterocycles. The van der Waals surface area contributed by atoms with Crippen molar-refractivity contribution in [2.24, 2.45) is 0 Å². The zero-order valence-corrected chi connectivity index (χ0v) is 9.81. The van der Waals surface area contributed by atoms with E-state index < -0.39 is 14.5 Å². The number of hydrogen-bond acceptors (Lipinski definition) is 1. The van der Waals surface area contributed by atoms with Crippen LogP contribution in [0.3, 0.4) is 0 Å². The minimum Gasteiger partial charge on any atom is -0.496 e. The second-order valence-corrected chi connectivity index (χ2v) is 6.27. The number of halogens is 2. The summed E-state index contributed by atoms with van der Waals surface area (Å²) in [5.41, 5.74) is 0. The molecule has 11 heavy (non-hydrogen) atoms. The van der Waals surface area contributed by atoms with Crippen LogP contribution in [0.5, 0.6) is 0 Å². The van der Waals surface area contributed by atoms with Gasteiger partial charge in [-0.25, -0.2) is 0 Å². The van der Waals surface area contributed by atoms with Gasteiger partial charge >= 0.3 is 14.5 Å². The van der Waals surface area contributed by atoms with E-state index in [1.807, 2.05) is 0 Å². The van der Waals surface area contributed by atoms with Gasteiger partial charge in [-0.1, -0.05) is 24.4 Å². The first-order valence-electron chi connectivity index (χ1n) is 4.05. The topological polar surface area (TPSA) is 9.23 Å². The summed E-state index contributed by atoms with van der Waals surface area (Å²) in [4.78, 5) is 0. The van der Waals surface area contributed by atoms with Crippen molar-refractivity contribution in [3.8, 4) is 0 Å². The third-order valence-electron chi connectivity index (χ3n) is 1.64. The smallest absolute Gasteiger partial charge is 0.460 e. The van der Waals surface area contributed by atoms with Crippen LogP contribution in [0.15, 0.2) is 0 Å². The van der Waals surface area contributed by atoms with Crippen molar-refractivity contribution in [2.75, 3.05) is 11.8 Å². The normalized spacial score (nSPS) is 10.6. The molecule has 0 aliphatic rings. The maximum Gasteiger partial charge on any atom is 0.460 e. The van der Waals surface area contributed by atoms with E-state index in [0.717, 1.165) is 0 Å². The van der Waals surface area contributed by atoms with Gasteiger partial charge in [0.2, 0.25) is 0 Å². The minimum atomic E-state index is -0.954. The van der Waals surface area contributed by atoms with E-state index in [0.29, 0.717) is 11.8 Å². The molecule has 1 nitrogen and oxygen atoms in total. The zero-order chi connectivity index (χ0) is 8.69. The molecule has 0 aromatic carbocycles. The predicted molar refractivity (Wildman–Crippen MR) is 53.0 cm³/mol. The van der Waals surface area contributed by atoms with E-state index in [1.165, 1.54) is 10.6 Å². The summed E-state index contributed by atoms with van der Waals surface area (Å²) in [6.07, 6.45) is 0.0786. The largest absolute Gasteiger partial charge is 0.496 e. The Morgan fingerprint density at radius 1 is 1.18 bits per heavy atom. The first-order chi connectivity index (χ1) is 5.28. The summed E-state index contributed by atoms with van der Waals surface area (Å²) < 4.78 is 5.72. The fourth-order valence-corrected chi connectivity index (χ4v) is 3.29. The van der Waals surface area contributed by atoms with Crippen LogP contribution in [-0.2, 0) is 3.79 Å². The van der Waals surface area contributed by atoms with Crippen LogP contribution in [0.2, 0.25) is 10.6 Å². The minimum absolute atomic E-state index is 0.0786. The van der Waals surface area contributed by atoms with Crippen LogP contribution in [0, 0.1) is 0 Å². The lowest BCUT2D eigenvalue weighted by atomic mass is 10.5. The molecule has 0 unspecified atom stereocenters. The van der Waals surface area contributed by atoms with E-state index in [9.17, 15) is 0 Å². The Kier molecular flexibility index (Phi) is 8.46. The molecular weight excluding hydrogens is 198 g/mol. The van der Waals surface area contributed by atoms with Gasteiger partial charge in [0.15, 0.2) is 0 Å². The molecule has 0 saturated carbocycles. The average Bonchev–Trinajstić information content (AvgIpc) is 2.07. The van der Waals surface area contributed by atoms with Gasteiger partial charge in [0.05, 0.1) is 6.10 Å². The molecule has 0 saturated heterocycles. The van der Waals surface area contributed by atoms with Crippen LogP contribution in [0.4, 0.5) is 0 Å². The van der Waals surface area contributed by atoms with Crippen molar-refractivity contribution in [3.05, 3.63) is 0 Å². The monoisotopic (exact) mass is 212 g/mol. The summed E-state index contributed by atoms with van der Waals surface area (Å²) in [5.74, 6) is 1.04. The molecule has 0 radical (unpaired) electrons. The second kappa shape index (κ2) is 7.71. The van der Waals surface area contributed by atoms with Crippen LogP contribution in [0.25, 0.3) is 0 Å². The molecule has 0 atom stereocenters. The molecule has 4 heteroatoms. The summed E-state index contributed by atoms with van der Waals surface area (Å²) in [7, 11) is 0. The Morgan fingerprint density at radius 2 is 1.64 bits per heavy atom. The molecule has 0 N–H and O–H groups in total. The van der Waals surface area contributed by atoms with E-state index >= 15 is 0 Å². The molecule has 0 rings (SSSR count). The van der Waals surface area contributed by atoms with Gasteiger partial charge in [-0.15, -0.1) is 23.2 Å². The fourth-order valence-electron chi connectivity index (χ4n) is 0.867. The van der Waals surface area contributed by atoms with Crippen molar-refractivity contribution in [2.45, 2.75) is 30.5 Å². The molecule has 0 aliphatic carbocycles. The highest BCUT2D eigenvalue weighted by Crippen LogP contribution is 2.06. The second-order valence-electron chi connectivity index (χ2n) is 2.51. The molecular formula is C7H15AlCl2O. The van der Waals surface area contributed by atoms with Crippen molar-refractivity contribution in [1.82, 2.24) is 0 Å². The maximum absolute atomic E-state index is 5.72. The maximum atomic E-state index is 5.72. The SMILES string of the molecule is C[CH2][Al]([CH2]C)[O]C(CCl)CCl. The van der Waals surface area contributed by atoms with Gasteiger partial charge in [0.25, 0.3) is 0 Å². The van der Waals surface area contributed by atoms with Crippen molar-refractivity contribution >= 4 is 37.7 Å². The number of hydrogen-bond donors (Lipinski definition) is 0. The van der Waals surface area contributed by atoms with Gasteiger partial charge < -0.3 is 3.79 Å². The Labute approximate surface area is 83.7 Å². The molecule has 0 fully saturated rings. The number of alkyl halides is 2. The summed E-state index contributed by atoms with van der Waals surface area (Å²) in [5, 5.41) is 2.33. The molecule has 0 amide bonds. The third kappa shape index (κ3) is 5.33. The lowest BCUT2D eigenvalue weighted by Crippen LogP contribution is -2.27. The third-order valence-corrected chi connectivity index (χ3v) is 4.92. The Bertz CT molecular complexity index is 74.5. The molecule has 0 aliphatic heterocycles. The van der Waals surface area contributed by atoms with E-state index in [1.54, 1.807) is 0 Å². The van der Waals surface area contributed by atoms with E-state index in [2.05, 4.69) is 13.8 Å². The first kappa shape index (κ1) is 12.1. The molecule has 0 aromatic heterocycles. The van der Waals surface area contributed by atoms with Crippen molar-refractivity contribution < 1.29 is 3.79 Å². The Hall–Kier alpha value is 1.07. The molecule has 66 valence electrons. The lowest BCUT2D eigenvalue weighted by Gasteiger charge is -2.16. The van der Waals surface area contributed by atoms with Crippen LogP contribution in [0.1, 0.15) is 13.8 Å². The lowest BCUT2D eigenvalue weighted by molar-refractivity contribution is 0.248. The molecule has 0 bridgehead atoms. The van der Waals surface area contributed by atoms with E-state index in [-0.39, 0.29) is 6.10 Å². The fraction of sp³-hybridized carbons (Fsp3) is 1.00. The summed E-state index contributed by atoms with van der Waals surface area (Å²) >= 11 is 10.3. The van der Waals surface area contributed by atoms with Crippen LogP contribution >= 0.6 is 23.2 Å². The predicted octanol–water partition coefficient (Wildman–Crippen LogP) is 2.88. The summed E-state index contributed by atoms with van der Waals surface area (Å²) in [6.45, 7) is 4.33. The molecule has 0 spiro atoms. The molecule has 0 aromatic rings. The van der Waals surface area contributed by atoms with Gasteiger partial charge in [0, 0.05) is 11.8 Å². The Morgan fingerprint density at radius 3 is 1.91 bits per heavy atom. The van der Waals surface area contributed by atoms with E-state index in [4.69, 9.17) is 27.0 Å². The van der Waals surface area contributed by atoms with Crippen molar-refractivity contribution in [1.29, 1.82) is 0 Å². The standard InChI is InChI=1S/C3H5Cl2O.2C2H5.Al/c4-1-3(6)2-5;2*1-2;/h3H,1-2H2;2*1H2,2H3;/q-1;;;+1. The highest BCUT2D eigenvalue weighted by atomic mass is 35.5. The highest BCUT2D eigenvalue weighted by Gasteiger charge is 2.19. The average molecular weight is 213 g/mol. The van der Waals surface area contributed by atoms with Gasteiger partial charge in [-0.3, -0.25) is 0 Å². The number of rotatable bonds is 6. The van der Waals surface area contributed by atoms with Gasteiger partial charge in [-0.05, 0) is 0 Å². The Balaban J connectivity index is 3.58. The van der Waals surface area contributed by atoms with Gasteiger partial charge in [-0.2, -0.15) is 0 Å².